The van der Waals surface area contributed by atoms with Gasteiger partial charge in [-0.1, -0.05) is 0 Å². The monoisotopic (exact) mass is 588 g/mol. The van der Waals surface area contributed by atoms with E-state index in [2.05, 4.69) is 0 Å². The summed E-state index contributed by atoms with van der Waals surface area (Å²) in [5.74, 6) is -1.02. The average Bonchev–Trinajstić information content (AvgIpc) is 3.61. The molecule has 0 saturated carbocycles. The Morgan fingerprint density at radius 2 is 1.57 bits per heavy atom. The Morgan fingerprint density at radius 3 is 2.26 bits per heavy atom. The fraction of sp³-hybridized carbons (Fsp3) is 0.552. The number of esters is 1. The Labute approximate surface area is 240 Å². The highest BCUT2D eigenvalue weighted by Gasteiger charge is 2.56. The molecule has 13 nitrogen and oxygen atoms in total. The molecule has 4 aliphatic heterocycles. The van der Waals surface area contributed by atoms with E-state index in [0.29, 0.717) is 28.2 Å². The summed E-state index contributed by atoms with van der Waals surface area (Å²) < 4.78 is 51.5. The number of carbonyl (C=O) groups is 1. The second kappa shape index (κ2) is 10.4. The number of rotatable bonds is 5. The molecule has 3 fully saturated rings. The van der Waals surface area contributed by atoms with Crippen LogP contribution in [0.15, 0.2) is 24.3 Å². The Bertz CT molecular complexity index is 1350. The van der Waals surface area contributed by atoms with Crippen LogP contribution in [-0.2, 0) is 28.5 Å². The lowest BCUT2D eigenvalue weighted by Crippen LogP contribution is -2.63. The number of fused-ring (bicyclic) bond motifs is 4. The van der Waals surface area contributed by atoms with E-state index < -0.39 is 66.8 Å². The van der Waals surface area contributed by atoms with Gasteiger partial charge in [-0.2, -0.15) is 0 Å². The van der Waals surface area contributed by atoms with Gasteiger partial charge in [0.1, 0.15) is 24.4 Å². The SMILES string of the molecule is COc1cc([C@@H]2c3cc4c(cc3C(OC3OC5COC(C)OC5C(O)C3O)C3COC(=O)C32)OCO4)cc(OC)c1O. The topological polar surface area (TPSA) is 161 Å². The van der Waals surface area contributed by atoms with Gasteiger partial charge >= 0.3 is 5.97 Å². The predicted molar refractivity (Wildman–Crippen MR) is 138 cm³/mol. The molecule has 1 aliphatic carbocycles. The second-order valence-electron chi connectivity index (χ2n) is 11.0. The highest BCUT2D eigenvalue weighted by atomic mass is 16.8. The van der Waals surface area contributed by atoms with Gasteiger partial charge in [0, 0.05) is 11.8 Å². The maximum absolute atomic E-state index is 13.4. The Morgan fingerprint density at radius 1 is 0.881 bits per heavy atom. The van der Waals surface area contributed by atoms with Crippen molar-refractivity contribution < 1.29 is 62.7 Å². The molecule has 3 N–H and O–H groups in total. The Kier molecular flexibility index (Phi) is 6.83. The lowest BCUT2D eigenvalue weighted by Gasteiger charge is -2.47. The van der Waals surface area contributed by atoms with E-state index in [9.17, 15) is 20.1 Å². The molecule has 9 unspecified atom stereocenters. The zero-order valence-electron chi connectivity index (χ0n) is 23.1. The zero-order valence-corrected chi connectivity index (χ0v) is 23.1. The molecular formula is C29H32O13. The molecule has 4 heterocycles. The normalized spacial score (nSPS) is 36.5. The van der Waals surface area contributed by atoms with Gasteiger partial charge in [0.05, 0.1) is 39.5 Å². The highest BCUT2D eigenvalue weighted by Crippen LogP contribution is 2.57. The minimum atomic E-state index is -1.44. The van der Waals surface area contributed by atoms with Crippen LogP contribution in [0.5, 0.6) is 28.7 Å². The average molecular weight is 589 g/mol. The van der Waals surface area contributed by atoms with Gasteiger partial charge in [0.25, 0.3) is 0 Å². The number of aliphatic hydroxyl groups excluding tert-OH is 2. The molecule has 0 spiro atoms. The molecular weight excluding hydrogens is 556 g/mol. The van der Waals surface area contributed by atoms with E-state index in [0.717, 1.165) is 0 Å². The van der Waals surface area contributed by atoms with Gasteiger partial charge in [-0.05, 0) is 47.9 Å². The van der Waals surface area contributed by atoms with Crippen molar-refractivity contribution in [2.75, 3.05) is 34.2 Å². The van der Waals surface area contributed by atoms with E-state index in [-0.39, 0.29) is 37.3 Å². The smallest absolute Gasteiger partial charge is 0.310 e. The summed E-state index contributed by atoms with van der Waals surface area (Å²) >= 11 is 0. The van der Waals surface area contributed by atoms with E-state index in [4.69, 9.17) is 42.6 Å². The third-order valence-corrected chi connectivity index (χ3v) is 8.75. The number of hydrogen-bond donors (Lipinski definition) is 3. The van der Waals surface area contributed by atoms with Crippen molar-refractivity contribution >= 4 is 5.97 Å². The van der Waals surface area contributed by atoms with Crippen LogP contribution in [0.1, 0.15) is 35.6 Å². The zero-order chi connectivity index (χ0) is 29.3. The van der Waals surface area contributed by atoms with Gasteiger partial charge in [-0.3, -0.25) is 4.79 Å². The number of benzene rings is 2. The van der Waals surface area contributed by atoms with Crippen molar-refractivity contribution in [3.8, 4) is 28.7 Å². The molecule has 0 bridgehead atoms. The number of aliphatic hydroxyl groups is 2. The molecule has 3 saturated heterocycles. The first-order valence-corrected chi connectivity index (χ1v) is 13.8. The third-order valence-electron chi connectivity index (χ3n) is 8.75. The van der Waals surface area contributed by atoms with Gasteiger partial charge in [-0.15, -0.1) is 0 Å². The first-order chi connectivity index (χ1) is 20.3. The quantitative estimate of drug-likeness (QED) is 0.430. The molecule has 2 aromatic carbocycles. The molecule has 226 valence electrons. The van der Waals surface area contributed by atoms with E-state index in [1.807, 2.05) is 0 Å². The number of hydrogen-bond acceptors (Lipinski definition) is 13. The maximum atomic E-state index is 13.4. The summed E-state index contributed by atoms with van der Waals surface area (Å²) in [6.07, 6.45) is -6.80. The summed E-state index contributed by atoms with van der Waals surface area (Å²) in [6, 6.07) is 6.93. The molecule has 10 atom stereocenters. The van der Waals surface area contributed by atoms with Crippen LogP contribution in [0.25, 0.3) is 0 Å². The number of ether oxygens (including phenoxy) is 9. The number of carbonyl (C=O) groups excluding carboxylic acids is 1. The van der Waals surface area contributed by atoms with Crippen LogP contribution in [0.3, 0.4) is 0 Å². The predicted octanol–water partition coefficient (Wildman–Crippen LogP) is 1.34. The van der Waals surface area contributed by atoms with Crippen molar-refractivity contribution in [3.63, 3.8) is 0 Å². The first-order valence-electron chi connectivity index (χ1n) is 13.8. The van der Waals surface area contributed by atoms with E-state index in [1.165, 1.54) is 14.2 Å². The maximum Gasteiger partial charge on any atom is 0.310 e. The number of phenolic OH excluding ortho intramolecular Hbond substituents is 1. The highest BCUT2D eigenvalue weighted by molar-refractivity contribution is 5.79. The van der Waals surface area contributed by atoms with Crippen LogP contribution in [0, 0.1) is 11.8 Å². The fourth-order valence-corrected chi connectivity index (χ4v) is 6.74. The molecule has 7 rings (SSSR count). The molecule has 0 radical (unpaired) electrons. The number of cyclic esters (lactones) is 1. The van der Waals surface area contributed by atoms with Crippen molar-refractivity contribution in [3.05, 3.63) is 41.0 Å². The van der Waals surface area contributed by atoms with Crippen molar-refractivity contribution in [2.24, 2.45) is 11.8 Å². The number of methoxy groups -OCH3 is 2. The molecule has 13 heteroatoms. The summed E-state index contributed by atoms with van der Waals surface area (Å²) in [6.45, 7) is 1.93. The molecule has 5 aliphatic rings. The largest absolute Gasteiger partial charge is 0.502 e. The summed E-state index contributed by atoms with van der Waals surface area (Å²) in [4.78, 5) is 13.4. The first kappa shape index (κ1) is 27.5. The Hall–Kier alpha value is -3.33. The molecule has 0 amide bonds. The minimum Gasteiger partial charge on any atom is -0.502 e. The van der Waals surface area contributed by atoms with Crippen molar-refractivity contribution in [1.82, 2.24) is 0 Å². The van der Waals surface area contributed by atoms with E-state index in [1.54, 1.807) is 31.2 Å². The second-order valence-corrected chi connectivity index (χ2v) is 11.0. The van der Waals surface area contributed by atoms with Crippen molar-refractivity contribution in [2.45, 2.75) is 55.9 Å². The summed E-state index contributed by atoms with van der Waals surface area (Å²) in [7, 11) is 2.86. The molecule has 42 heavy (non-hydrogen) atoms. The molecule has 2 aromatic rings. The lowest BCUT2D eigenvalue weighted by atomic mass is 9.66. The van der Waals surface area contributed by atoms with Crippen LogP contribution in [0.2, 0.25) is 0 Å². The van der Waals surface area contributed by atoms with Gasteiger partial charge in [0.2, 0.25) is 12.5 Å². The van der Waals surface area contributed by atoms with Crippen LogP contribution >= 0.6 is 0 Å². The Balaban J connectivity index is 1.32. The van der Waals surface area contributed by atoms with E-state index >= 15 is 0 Å². The third kappa shape index (κ3) is 4.26. The van der Waals surface area contributed by atoms with Gasteiger partial charge in [-0.25, -0.2) is 0 Å². The number of phenols is 1. The standard InChI is InChI=1S/C29H32O13/c1-11-36-9-20-27(40-11)24(31)25(32)29(41-20)42-26-14-7-17-16(38-10-39-17)6-13(14)21(22-15(26)8-37-28(22)33)12-4-18(34-2)23(30)19(5-12)35-3/h4-7,11,15,20-22,24-27,29-32H,8-10H2,1-3H3/t11?,15?,20?,21-,22?,24?,25?,26?,27?,29?/m1/s1. The van der Waals surface area contributed by atoms with Crippen LogP contribution in [0.4, 0.5) is 0 Å². The molecule has 0 aromatic heterocycles. The summed E-state index contributed by atoms with van der Waals surface area (Å²) in [5, 5.41) is 32.5. The van der Waals surface area contributed by atoms with Crippen LogP contribution < -0.4 is 18.9 Å². The van der Waals surface area contributed by atoms with Crippen LogP contribution in [-0.4, -0.2) is 92.5 Å². The lowest BCUT2D eigenvalue weighted by molar-refractivity contribution is -0.364. The van der Waals surface area contributed by atoms with Gasteiger partial charge in [0.15, 0.2) is 35.6 Å². The summed E-state index contributed by atoms with van der Waals surface area (Å²) in [5.41, 5.74) is 2.01. The number of aromatic hydroxyl groups is 1. The van der Waals surface area contributed by atoms with Crippen molar-refractivity contribution in [1.29, 1.82) is 0 Å². The fourth-order valence-electron chi connectivity index (χ4n) is 6.74. The minimum absolute atomic E-state index is 0.0301. The van der Waals surface area contributed by atoms with Gasteiger partial charge < -0.3 is 58.0 Å².